The molecule has 0 bridgehead atoms. The minimum absolute atomic E-state index is 0.165. The molecule has 126 valence electrons. The van der Waals surface area contributed by atoms with Crippen LogP contribution in [0.1, 0.15) is 41.7 Å². The van der Waals surface area contributed by atoms with Crippen LogP contribution < -0.4 is 0 Å². The molecular formula is C17H16N6O2. The molecule has 1 atom stereocenters. The molecule has 0 aliphatic carbocycles. The molecule has 1 aliphatic heterocycles. The van der Waals surface area contributed by atoms with E-state index in [0.29, 0.717) is 24.0 Å². The van der Waals surface area contributed by atoms with Gasteiger partial charge in [0.25, 0.3) is 5.91 Å². The second-order valence-corrected chi connectivity index (χ2v) is 5.79. The molecule has 1 aliphatic rings. The zero-order valence-electron chi connectivity index (χ0n) is 13.4. The van der Waals surface area contributed by atoms with Gasteiger partial charge in [-0.1, -0.05) is 5.16 Å². The van der Waals surface area contributed by atoms with Crippen molar-refractivity contribution in [1.82, 2.24) is 30.0 Å². The summed E-state index contributed by atoms with van der Waals surface area (Å²) in [5, 5.41) is 4.05. The number of hydrogen-bond acceptors (Lipinski definition) is 7. The van der Waals surface area contributed by atoms with Gasteiger partial charge >= 0.3 is 0 Å². The number of hydrogen-bond donors (Lipinski definition) is 0. The van der Waals surface area contributed by atoms with Crippen molar-refractivity contribution in [2.45, 2.75) is 25.3 Å². The lowest BCUT2D eigenvalue weighted by Crippen LogP contribution is -2.39. The summed E-state index contributed by atoms with van der Waals surface area (Å²) in [4.78, 5) is 31.1. The van der Waals surface area contributed by atoms with Crippen LogP contribution in [0, 0.1) is 0 Å². The van der Waals surface area contributed by atoms with Gasteiger partial charge in [-0.05, 0) is 31.4 Å². The van der Waals surface area contributed by atoms with Gasteiger partial charge in [-0.15, -0.1) is 0 Å². The van der Waals surface area contributed by atoms with E-state index < -0.39 is 0 Å². The van der Waals surface area contributed by atoms with Crippen LogP contribution in [0.25, 0.3) is 11.4 Å². The fourth-order valence-electron chi connectivity index (χ4n) is 2.98. The van der Waals surface area contributed by atoms with Crippen molar-refractivity contribution in [3.05, 3.63) is 54.7 Å². The Morgan fingerprint density at radius 3 is 2.80 bits per heavy atom. The first-order valence-corrected chi connectivity index (χ1v) is 8.14. The van der Waals surface area contributed by atoms with Crippen molar-refractivity contribution in [2.75, 3.05) is 6.54 Å². The van der Waals surface area contributed by atoms with Gasteiger partial charge in [-0.25, -0.2) is 4.98 Å². The molecular weight excluding hydrogens is 320 g/mol. The predicted octanol–water partition coefficient (Wildman–Crippen LogP) is 2.29. The van der Waals surface area contributed by atoms with Crippen LogP contribution >= 0.6 is 0 Å². The molecule has 25 heavy (non-hydrogen) atoms. The van der Waals surface area contributed by atoms with Gasteiger partial charge in [0.1, 0.15) is 11.7 Å². The Balaban J connectivity index is 1.62. The summed E-state index contributed by atoms with van der Waals surface area (Å²) in [7, 11) is 0. The van der Waals surface area contributed by atoms with Crippen molar-refractivity contribution in [3.8, 4) is 11.4 Å². The van der Waals surface area contributed by atoms with E-state index in [2.05, 4.69) is 25.1 Å². The molecule has 0 N–H and O–H groups in total. The lowest BCUT2D eigenvalue weighted by atomic mass is 10.0. The normalized spacial score (nSPS) is 17.4. The standard InChI is InChI=1S/C17H16N6O2/c24-17(13-11-19-8-9-20-13)23-10-2-1-3-14(23)16-21-15(22-25-16)12-4-6-18-7-5-12/h4-9,11,14H,1-3,10H2. The lowest BCUT2D eigenvalue weighted by molar-refractivity contribution is 0.0555. The van der Waals surface area contributed by atoms with Gasteiger partial charge in [0.2, 0.25) is 11.7 Å². The van der Waals surface area contributed by atoms with E-state index in [4.69, 9.17) is 4.52 Å². The molecule has 8 heteroatoms. The Labute approximate surface area is 143 Å². The van der Waals surface area contributed by atoms with Crippen LogP contribution in [0.5, 0.6) is 0 Å². The lowest BCUT2D eigenvalue weighted by Gasteiger charge is -2.33. The summed E-state index contributed by atoms with van der Waals surface area (Å²) < 4.78 is 5.46. The van der Waals surface area contributed by atoms with Gasteiger partial charge in [0.05, 0.1) is 6.20 Å². The van der Waals surface area contributed by atoms with E-state index in [-0.39, 0.29) is 11.9 Å². The molecule has 1 unspecified atom stereocenters. The molecule has 0 aromatic carbocycles. The zero-order valence-corrected chi connectivity index (χ0v) is 13.4. The number of aromatic nitrogens is 5. The molecule has 4 rings (SSSR count). The maximum Gasteiger partial charge on any atom is 0.274 e. The number of nitrogens with zero attached hydrogens (tertiary/aromatic N) is 6. The van der Waals surface area contributed by atoms with Gasteiger partial charge in [0.15, 0.2) is 0 Å². The first-order chi connectivity index (χ1) is 12.3. The highest BCUT2D eigenvalue weighted by atomic mass is 16.5. The molecule has 4 heterocycles. The molecule has 3 aromatic heterocycles. The van der Waals surface area contributed by atoms with E-state index in [9.17, 15) is 4.79 Å². The van der Waals surface area contributed by atoms with E-state index in [1.54, 1.807) is 23.5 Å². The summed E-state index contributed by atoms with van der Waals surface area (Å²) >= 11 is 0. The Bertz CT molecular complexity index is 852. The first kappa shape index (κ1) is 15.4. The number of rotatable bonds is 3. The number of amides is 1. The molecule has 1 amide bonds. The molecule has 0 spiro atoms. The summed E-state index contributed by atoms with van der Waals surface area (Å²) in [6, 6.07) is 3.39. The van der Waals surface area contributed by atoms with Gasteiger partial charge < -0.3 is 9.42 Å². The monoisotopic (exact) mass is 336 g/mol. The molecule has 1 fully saturated rings. The minimum atomic E-state index is -0.244. The van der Waals surface area contributed by atoms with Crippen molar-refractivity contribution in [2.24, 2.45) is 0 Å². The highest BCUT2D eigenvalue weighted by molar-refractivity contribution is 5.92. The van der Waals surface area contributed by atoms with Crippen molar-refractivity contribution < 1.29 is 9.32 Å². The van der Waals surface area contributed by atoms with Crippen LogP contribution in [0.4, 0.5) is 0 Å². The van der Waals surface area contributed by atoms with E-state index in [0.717, 1.165) is 24.8 Å². The van der Waals surface area contributed by atoms with Crippen LogP contribution in [0.3, 0.4) is 0 Å². The van der Waals surface area contributed by atoms with Crippen molar-refractivity contribution in [3.63, 3.8) is 0 Å². The third-order valence-electron chi connectivity index (χ3n) is 4.21. The van der Waals surface area contributed by atoms with E-state index >= 15 is 0 Å². The Hall–Kier alpha value is -3.16. The quantitative estimate of drug-likeness (QED) is 0.723. The minimum Gasteiger partial charge on any atom is -0.337 e. The smallest absolute Gasteiger partial charge is 0.274 e. The van der Waals surface area contributed by atoms with Crippen molar-refractivity contribution in [1.29, 1.82) is 0 Å². The fraction of sp³-hybridized carbons (Fsp3) is 0.294. The number of pyridine rings is 1. The van der Waals surface area contributed by atoms with E-state index in [1.807, 2.05) is 12.1 Å². The number of carbonyl (C=O) groups excluding carboxylic acids is 1. The van der Waals surface area contributed by atoms with Crippen LogP contribution in [0.15, 0.2) is 47.6 Å². The average Bonchev–Trinajstić information content (AvgIpc) is 3.19. The van der Waals surface area contributed by atoms with Gasteiger partial charge in [-0.2, -0.15) is 4.98 Å². The summed E-state index contributed by atoms with van der Waals surface area (Å²) in [6.07, 6.45) is 10.6. The second kappa shape index (κ2) is 6.76. The molecule has 3 aromatic rings. The van der Waals surface area contributed by atoms with Crippen LogP contribution in [0.2, 0.25) is 0 Å². The highest BCUT2D eigenvalue weighted by Crippen LogP contribution is 2.31. The summed E-state index contributed by atoms with van der Waals surface area (Å²) in [5.41, 5.74) is 1.15. The largest absolute Gasteiger partial charge is 0.337 e. The molecule has 1 saturated heterocycles. The average molecular weight is 336 g/mol. The van der Waals surface area contributed by atoms with Gasteiger partial charge in [-0.3, -0.25) is 14.8 Å². The number of piperidine rings is 1. The molecule has 0 radical (unpaired) electrons. The third-order valence-corrected chi connectivity index (χ3v) is 4.21. The fourth-order valence-corrected chi connectivity index (χ4v) is 2.98. The second-order valence-electron chi connectivity index (χ2n) is 5.79. The highest BCUT2D eigenvalue weighted by Gasteiger charge is 2.33. The maximum atomic E-state index is 12.8. The first-order valence-electron chi connectivity index (χ1n) is 8.14. The number of likely N-dealkylation sites (tertiary alicyclic amines) is 1. The summed E-state index contributed by atoms with van der Waals surface area (Å²) in [5.74, 6) is 0.778. The SMILES string of the molecule is O=C(c1cnccn1)N1CCCCC1c1nc(-c2ccncc2)no1. The maximum absolute atomic E-state index is 12.8. The predicted molar refractivity (Wildman–Crippen MR) is 87.2 cm³/mol. The molecule has 8 nitrogen and oxygen atoms in total. The summed E-state index contributed by atoms with van der Waals surface area (Å²) in [6.45, 7) is 0.632. The van der Waals surface area contributed by atoms with E-state index in [1.165, 1.54) is 12.4 Å². The zero-order chi connectivity index (χ0) is 17.1. The number of carbonyl (C=O) groups is 1. The Morgan fingerprint density at radius 1 is 1.12 bits per heavy atom. The van der Waals surface area contributed by atoms with Gasteiger partial charge in [0, 0.05) is 36.9 Å². The van der Waals surface area contributed by atoms with Crippen LogP contribution in [-0.2, 0) is 0 Å². The Morgan fingerprint density at radius 2 is 2.00 bits per heavy atom. The topological polar surface area (TPSA) is 97.9 Å². The Kier molecular flexibility index (Phi) is 4.16. The molecule has 0 saturated carbocycles. The van der Waals surface area contributed by atoms with Crippen molar-refractivity contribution >= 4 is 5.91 Å². The third kappa shape index (κ3) is 3.10. The van der Waals surface area contributed by atoms with Crippen LogP contribution in [-0.4, -0.2) is 42.4 Å².